The van der Waals surface area contributed by atoms with E-state index >= 15 is 0 Å². The van der Waals surface area contributed by atoms with Crippen LogP contribution in [0, 0.1) is 0 Å². The Balaban J connectivity index is 1.81. The molecule has 0 aliphatic rings. The van der Waals surface area contributed by atoms with E-state index in [9.17, 15) is 4.79 Å². The van der Waals surface area contributed by atoms with E-state index in [0.717, 1.165) is 29.2 Å². The van der Waals surface area contributed by atoms with Gasteiger partial charge in [0.1, 0.15) is 0 Å². The molecule has 0 unspecified atom stereocenters. The number of hydrogen-bond acceptors (Lipinski definition) is 4. The van der Waals surface area contributed by atoms with Crippen LogP contribution in [0.2, 0.25) is 0 Å². The summed E-state index contributed by atoms with van der Waals surface area (Å²) in [6.45, 7) is 8.00. The molecule has 22 heavy (non-hydrogen) atoms. The summed E-state index contributed by atoms with van der Waals surface area (Å²) in [5, 5.41) is 15.6. The summed E-state index contributed by atoms with van der Waals surface area (Å²) in [6, 6.07) is 7.02. The van der Waals surface area contributed by atoms with E-state index in [0.29, 0.717) is 12.1 Å². The molecule has 0 saturated carbocycles. The minimum absolute atomic E-state index is 0.105. The molecular weight excluding hydrogens is 296 g/mol. The van der Waals surface area contributed by atoms with Crippen molar-refractivity contribution in [3.8, 4) is 0 Å². The van der Waals surface area contributed by atoms with Gasteiger partial charge < -0.3 is 10.4 Å². The lowest BCUT2D eigenvalue weighted by Crippen LogP contribution is -2.17. The molecule has 0 spiro atoms. The van der Waals surface area contributed by atoms with Gasteiger partial charge in [-0.25, -0.2) is 9.78 Å². The van der Waals surface area contributed by atoms with Crippen LogP contribution in [-0.4, -0.2) is 22.6 Å². The Morgan fingerprint density at radius 2 is 2.14 bits per heavy atom. The Bertz CT molecular complexity index is 644. The maximum atomic E-state index is 10.9. The monoisotopic (exact) mass is 318 g/mol. The van der Waals surface area contributed by atoms with Gasteiger partial charge in [0.15, 0.2) is 0 Å². The van der Waals surface area contributed by atoms with Gasteiger partial charge in [0, 0.05) is 30.3 Å². The largest absolute Gasteiger partial charge is 0.478 e. The van der Waals surface area contributed by atoms with Gasteiger partial charge in [-0.1, -0.05) is 32.9 Å². The van der Waals surface area contributed by atoms with Crippen LogP contribution in [-0.2, 0) is 18.4 Å². The molecule has 1 heterocycles. The number of aromatic nitrogens is 1. The average Bonchev–Trinajstić information content (AvgIpc) is 2.93. The topological polar surface area (TPSA) is 62.2 Å². The number of nitrogens with zero attached hydrogens (tertiary/aromatic N) is 1. The van der Waals surface area contributed by atoms with Gasteiger partial charge in [-0.05, 0) is 17.7 Å². The third-order valence-corrected chi connectivity index (χ3v) is 4.57. The normalized spacial score (nSPS) is 11.6. The predicted octanol–water partition coefficient (Wildman–Crippen LogP) is 3.47. The number of rotatable bonds is 6. The molecule has 0 aliphatic carbocycles. The number of hydrogen-bond donors (Lipinski definition) is 2. The van der Waals surface area contributed by atoms with Crippen molar-refractivity contribution in [2.75, 3.05) is 6.54 Å². The van der Waals surface area contributed by atoms with Gasteiger partial charge >= 0.3 is 5.97 Å². The van der Waals surface area contributed by atoms with Crippen LogP contribution in [0.25, 0.3) is 0 Å². The summed E-state index contributed by atoms with van der Waals surface area (Å²) in [4.78, 5) is 15.6. The molecule has 2 aromatic rings. The standard InChI is InChI=1S/C17H22N2O2S/c1-17(2,3)16-19-14(11-22-16)7-8-18-10-12-5-4-6-13(9-12)15(20)21/h4-6,9,11,18H,7-8,10H2,1-3H3,(H,20,21). The van der Waals surface area contributed by atoms with Crippen molar-refractivity contribution < 1.29 is 9.90 Å². The second-order valence-corrected chi connectivity index (χ2v) is 7.18. The second kappa shape index (κ2) is 7.03. The molecule has 0 saturated heterocycles. The zero-order valence-electron chi connectivity index (χ0n) is 13.2. The Morgan fingerprint density at radius 1 is 1.36 bits per heavy atom. The van der Waals surface area contributed by atoms with E-state index in [1.165, 1.54) is 0 Å². The maximum Gasteiger partial charge on any atom is 0.335 e. The van der Waals surface area contributed by atoms with E-state index in [1.807, 2.05) is 6.07 Å². The fraction of sp³-hybridized carbons (Fsp3) is 0.412. The van der Waals surface area contributed by atoms with Crippen LogP contribution in [0.5, 0.6) is 0 Å². The molecule has 2 N–H and O–H groups in total. The van der Waals surface area contributed by atoms with Gasteiger partial charge in [0.25, 0.3) is 0 Å². The summed E-state index contributed by atoms with van der Waals surface area (Å²) in [5.41, 5.74) is 2.53. The molecule has 0 amide bonds. The van der Waals surface area contributed by atoms with Crippen LogP contribution in [0.4, 0.5) is 0 Å². The highest BCUT2D eigenvalue weighted by Crippen LogP contribution is 2.25. The third-order valence-electron chi connectivity index (χ3n) is 3.25. The Kier molecular flexibility index (Phi) is 5.32. The molecule has 0 radical (unpaired) electrons. The van der Waals surface area contributed by atoms with Crippen LogP contribution < -0.4 is 5.32 Å². The van der Waals surface area contributed by atoms with Crippen molar-refractivity contribution in [2.24, 2.45) is 0 Å². The lowest BCUT2D eigenvalue weighted by molar-refractivity contribution is 0.0696. The first kappa shape index (κ1) is 16.6. The zero-order chi connectivity index (χ0) is 16.2. The summed E-state index contributed by atoms with van der Waals surface area (Å²) in [6.07, 6.45) is 0.880. The van der Waals surface area contributed by atoms with Crippen molar-refractivity contribution in [1.82, 2.24) is 10.3 Å². The van der Waals surface area contributed by atoms with Crippen LogP contribution in [0.1, 0.15) is 47.4 Å². The van der Waals surface area contributed by atoms with Crippen molar-refractivity contribution in [3.05, 3.63) is 51.5 Å². The summed E-state index contributed by atoms with van der Waals surface area (Å²) in [7, 11) is 0. The maximum absolute atomic E-state index is 10.9. The van der Waals surface area contributed by atoms with E-state index in [2.05, 4.69) is 36.5 Å². The van der Waals surface area contributed by atoms with Crippen molar-refractivity contribution >= 4 is 17.3 Å². The van der Waals surface area contributed by atoms with Crippen LogP contribution in [0.3, 0.4) is 0 Å². The van der Waals surface area contributed by atoms with Crippen molar-refractivity contribution in [3.63, 3.8) is 0 Å². The average molecular weight is 318 g/mol. The van der Waals surface area contributed by atoms with Crippen molar-refractivity contribution in [2.45, 2.75) is 39.2 Å². The van der Waals surface area contributed by atoms with Gasteiger partial charge in [-0.15, -0.1) is 11.3 Å². The minimum atomic E-state index is -0.890. The highest BCUT2D eigenvalue weighted by Gasteiger charge is 2.17. The number of aromatic carboxylic acids is 1. The molecule has 5 heteroatoms. The molecule has 0 aliphatic heterocycles. The molecule has 4 nitrogen and oxygen atoms in total. The number of nitrogens with one attached hydrogen (secondary N) is 1. The highest BCUT2D eigenvalue weighted by atomic mass is 32.1. The molecule has 2 rings (SSSR count). The molecule has 0 atom stereocenters. The van der Waals surface area contributed by atoms with E-state index in [-0.39, 0.29) is 5.41 Å². The quantitative estimate of drug-likeness (QED) is 0.801. The zero-order valence-corrected chi connectivity index (χ0v) is 14.0. The Hall–Kier alpha value is -1.72. The number of thiazole rings is 1. The summed E-state index contributed by atoms with van der Waals surface area (Å²) >= 11 is 1.71. The molecule has 0 fully saturated rings. The fourth-order valence-electron chi connectivity index (χ4n) is 2.03. The number of carboxylic acids is 1. The summed E-state index contributed by atoms with van der Waals surface area (Å²) < 4.78 is 0. The van der Waals surface area contributed by atoms with Gasteiger partial charge in [-0.2, -0.15) is 0 Å². The molecule has 1 aromatic carbocycles. The lowest BCUT2D eigenvalue weighted by atomic mass is 9.98. The van der Waals surface area contributed by atoms with Gasteiger partial charge in [0.05, 0.1) is 16.3 Å². The second-order valence-electron chi connectivity index (χ2n) is 6.33. The van der Waals surface area contributed by atoms with Crippen LogP contribution in [0.15, 0.2) is 29.6 Å². The third kappa shape index (κ3) is 4.64. The van der Waals surface area contributed by atoms with E-state index < -0.39 is 5.97 Å². The first-order valence-electron chi connectivity index (χ1n) is 7.34. The fourth-order valence-corrected chi connectivity index (χ4v) is 2.97. The van der Waals surface area contributed by atoms with E-state index in [4.69, 9.17) is 5.11 Å². The molecule has 1 aromatic heterocycles. The molecule has 118 valence electrons. The Morgan fingerprint density at radius 3 is 2.77 bits per heavy atom. The highest BCUT2D eigenvalue weighted by molar-refractivity contribution is 7.09. The number of carbonyl (C=O) groups is 1. The molecule has 0 bridgehead atoms. The first-order chi connectivity index (χ1) is 10.4. The smallest absolute Gasteiger partial charge is 0.335 e. The van der Waals surface area contributed by atoms with Crippen LogP contribution >= 0.6 is 11.3 Å². The Labute approximate surface area is 135 Å². The summed E-state index contributed by atoms with van der Waals surface area (Å²) in [5.74, 6) is -0.890. The predicted molar refractivity (Wildman–Crippen MR) is 89.6 cm³/mol. The SMILES string of the molecule is CC(C)(C)c1nc(CCNCc2cccc(C(=O)O)c2)cs1. The van der Waals surface area contributed by atoms with E-state index in [1.54, 1.807) is 29.5 Å². The minimum Gasteiger partial charge on any atom is -0.478 e. The molecular formula is C17H22N2O2S. The first-order valence-corrected chi connectivity index (χ1v) is 8.22. The lowest BCUT2D eigenvalue weighted by Gasteiger charge is -2.13. The van der Waals surface area contributed by atoms with Gasteiger partial charge in [-0.3, -0.25) is 0 Å². The van der Waals surface area contributed by atoms with Gasteiger partial charge in [0.2, 0.25) is 0 Å². The number of benzene rings is 1. The van der Waals surface area contributed by atoms with Crippen molar-refractivity contribution in [1.29, 1.82) is 0 Å². The number of carboxylic acid groups (broad SMARTS) is 1.